The first kappa shape index (κ1) is 17.5. The molecule has 0 saturated carbocycles. The molecule has 1 N–H and O–H groups in total. The molecule has 1 aromatic carbocycles. The van der Waals surface area contributed by atoms with Gasteiger partial charge in [0.25, 0.3) is 5.91 Å². The molecule has 1 aliphatic heterocycles. The average molecular weight is 379 g/mol. The van der Waals surface area contributed by atoms with Crippen molar-refractivity contribution in [3.05, 3.63) is 64.4 Å². The first-order valence-electron chi connectivity index (χ1n) is 8.94. The fraction of sp³-hybridized carbons (Fsp3) is 0.250. The molecule has 1 saturated heterocycles. The van der Waals surface area contributed by atoms with Crippen molar-refractivity contribution in [3.63, 3.8) is 0 Å². The molecule has 1 aliphatic rings. The van der Waals surface area contributed by atoms with E-state index in [1.165, 1.54) is 16.9 Å². The molecule has 6 nitrogen and oxygen atoms in total. The summed E-state index contributed by atoms with van der Waals surface area (Å²) >= 11 is 1.49. The molecule has 1 amide bonds. The summed E-state index contributed by atoms with van der Waals surface area (Å²) in [6.07, 6.45) is 0. The standard InChI is InChI=1S/C20H21N5OS/c1-15-4-6-16(7-5-15)21-18-8-9-19(23-22-18)24-10-12-25(13-11-24)20(26)17-3-2-14-27-17/h2-9,14H,10-13H2,1H3,(H,21,22). The number of hydrogen-bond acceptors (Lipinski definition) is 6. The molecule has 138 valence electrons. The molecule has 0 unspecified atom stereocenters. The lowest BCUT2D eigenvalue weighted by Gasteiger charge is -2.35. The summed E-state index contributed by atoms with van der Waals surface area (Å²) in [6, 6.07) is 15.9. The van der Waals surface area contributed by atoms with E-state index >= 15 is 0 Å². The molecule has 3 aromatic rings. The lowest BCUT2D eigenvalue weighted by Crippen LogP contribution is -2.48. The highest BCUT2D eigenvalue weighted by molar-refractivity contribution is 7.12. The normalized spacial score (nSPS) is 14.3. The predicted molar refractivity (Wildman–Crippen MR) is 109 cm³/mol. The highest BCUT2D eigenvalue weighted by atomic mass is 32.1. The van der Waals surface area contributed by atoms with Crippen molar-refractivity contribution in [1.82, 2.24) is 15.1 Å². The van der Waals surface area contributed by atoms with Gasteiger partial charge in [0.05, 0.1) is 4.88 Å². The zero-order valence-electron chi connectivity index (χ0n) is 15.1. The number of carbonyl (C=O) groups excluding carboxylic acids is 1. The zero-order valence-corrected chi connectivity index (χ0v) is 15.9. The summed E-state index contributed by atoms with van der Waals surface area (Å²) in [6.45, 7) is 4.97. The van der Waals surface area contributed by atoms with Crippen LogP contribution in [0.1, 0.15) is 15.2 Å². The zero-order chi connectivity index (χ0) is 18.6. The quantitative estimate of drug-likeness (QED) is 0.751. The minimum atomic E-state index is 0.119. The van der Waals surface area contributed by atoms with Gasteiger partial charge in [-0.3, -0.25) is 4.79 Å². The van der Waals surface area contributed by atoms with Gasteiger partial charge < -0.3 is 15.1 Å². The lowest BCUT2D eigenvalue weighted by atomic mass is 10.2. The fourth-order valence-corrected chi connectivity index (χ4v) is 3.73. The number of anilines is 3. The van der Waals surface area contributed by atoms with Gasteiger partial charge in [-0.15, -0.1) is 21.5 Å². The van der Waals surface area contributed by atoms with Crippen molar-refractivity contribution in [3.8, 4) is 0 Å². The number of thiophene rings is 1. The number of nitrogens with zero attached hydrogens (tertiary/aromatic N) is 4. The molecular weight excluding hydrogens is 358 g/mol. The molecule has 0 aliphatic carbocycles. The number of aryl methyl sites for hydroxylation is 1. The molecule has 1 fully saturated rings. The van der Waals surface area contributed by atoms with Gasteiger partial charge in [0.2, 0.25) is 0 Å². The Morgan fingerprint density at radius 2 is 1.78 bits per heavy atom. The molecule has 27 heavy (non-hydrogen) atoms. The van der Waals surface area contributed by atoms with Crippen LogP contribution in [0.4, 0.5) is 17.3 Å². The van der Waals surface area contributed by atoms with Gasteiger partial charge in [0.1, 0.15) is 0 Å². The third-order valence-electron chi connectivity index (χ3n) is 4.60. The summed E-state index contributed by atoms with van der Waals surface area (Å²) in [5, 5.41) is 13.8. The maximum absolute atomic E-state index is 12.4. The first-order chi connectivity index (χ1) is 13.2. The maximum atomic E-state index is 12.4. The van der Waals surface area contributed by atoms with E-state index in [2.05, 4.69) is 39.5 Å². The number of hydrogen-bond donors (Lipinski definition) is 1. The Balaban J connectivity index is 1.34. The van der Waals surface area contributed by atoms with Crippen LogP contribution >= 0.6 is 11.3 Å². The molecule has 4 rings (SSSR count). The van der Waals surface area contributed by atoms with E-state index in [-0.39, 0.29) is 5.91 Å². The topological polar surface area (TPSA) is 61.4 Å². The summed E-state index contributed by atoms with van der Waals surface area (Å²) in [5.74, 6) is 1.68. The first-order valence-corrected chi connectivity index (χ1v) is 9.82. The summed E-state index contributed by atoms with van der Waals surface area (Å²) in [5.41, 5.74) is 2.21. The maximum Gasteiger partial charge on any atom is 0.264 e. The van der Waals surface area contributed by atoms with Crippen LogP contribution in [-0.4, -0.2) is 47.2 Å². The van der Waals surface area contributed by atoms with E-state index in [9.17, 15) is 4.79 Å². The molecule has 7 heteroatoms. The highest BCUT2D eigenvalue weighted by Gasteiger charge is 2.23. The van der Waals surface area contributed by atoms with E-state index in [1.807, 2.05) is 46.7 Å². The Labute approximate surface area is 162 Å². The van der Waals surface area contributed by atoms with Crippen LogP contribution in [0.5, 0.6) is 0 Å². The van der Waals surface area contributed by atoms with Crippen molar-refractivity contribution >= 4 is 34.6 Å². The van der Waals surface area contributed by atoms with Crippen molar-refractivity contribution in [2.45, 2.75) is 6.92 Å². The van der Waals surface area contributed by atoms with E-state index in [1.54, 1.807) is 0 Å². The molecule has 0 atom stereocenters. The van der Waals surface area contributed by atoms with Gasteiger partial charge in [0.15, 0.2) is 11.6 Å². The predicted octanol–water partition coefficient (Wildman–Crippen LogP) is 3.55. The van der Waals surface area contributed by atoms with Crippen LogP contribution in [0.25, 0.3) is 0 Å². The Kier molecular flexibility index (Phi) is 5.02. The van der Waals surface area contributed by atoms with Crippen LogP contribution in [-0.2, 0) is 0 Å². The lowest BCUT2D eigenvalue weighted by molar-refractivity contribution is 0.0751. The second-order valence-corrected chi connectivity index (χ2v) is 7.47. The third-order valence-corrected chi connectivity index (χ3v) is 5.46. The Hall–Kier alpha value is -2.93. The van der Waals surface area contributed by atoms with Crippen molar-refractivity contribution in [2.75, 3.05) is 36.4 Å². The SMILES string of the molecule is Cc1ccc(Nc2ccc(N3CCN(C(=O)c4cccs4)CC3)nn2)cc1. The van der Waals surface area contributed by atoms with Gasteiger partial charge in [-0.25, -0.2) is 0 Å². The minimum Gasteiger partial charge on any atom is -0.352 e. The molecular formula is C20H21N5OS. The second kappa shape index (κ2) is 7.75. The summed E-state index contributed by atoms with van der Waals surface area (Å²) < 4.78 is 0. The monoisotopic (exact) mass is 379 g/mol. The van der Waals surface area contributed by atoms with Gasteiger partial charge in [-0.2, -0.15) is 0 Å². The Morgan fingerprint density at radius 1 is 1.00 bits per heavy atom. The number of aromatic nitrogens is 2. The van der Waals surface area contributed by atoms with Crippen molar-refractivity contribution in [1.29, 1.82) is 0 Å². The van der Waals surface area contributed by atoms with Crippen molar-refractivity contribution in [2.24, 2.45) is 0 Å². The van der Waals surface area contributed by atoms with Crippen LogP contribution in [0.15, 0.2) is 53.9 Å². The number of nitrogens with one attached hydrogen (secondary N) is 1. The average Bonchev–Trinajstić information content (AvgIpc) is 3.25. The van der Waals surface area contributed by atoms with E-state index in [0.29, 0.717) is 18.9 Å². The smallest absolute Gasteiger partial charge is 0.264 e. The summed E-state index contributed by atoms with van der Waals surface area (Å²) in [7, 11) is 0. The van der Waals surface area contributed by atoms with Gasteiger partial charge in [-0.1, -0.05) is 23.8 Å². The minimum absolute atomic E-state index is 0.119. The van der Waals surface area contributed by atoms with Crippen LogP contribution in [0.3, 0.4) is 0 Å². The molecule has 0 spiro atoms. The number of piperazine rings is 1. The Morgan fingerprint density at radius 3 is 2.41 bits per heavy atom. The number of benzene rings is 1. The largest absolute Gasteiger partial charge is 0.352 e. The fourth-order valence-electron chi connectivity index (χ4n) is 3.04. The number of amides is 1. The van der Waals surface area contributed by atoms with Crippen molar-refractivity contribution < 1.29 is 4.79 Å². The Bertz CT molecular complexity index is 885. The second-order valence-electron chi connectivity index (χ2n) is 6.52. The molecule has 2 aromatic heterocycles. The molecule has 0 bridgehead atoms. The van der Waals surface area contributed by atoms with Crippen LogP contribution in [0, 0.1) is 6.92 Å². The van der Waals surface area contributed by atoms with Gasteiger partial charge in [-0.05, 0) is 42.6 Å². The van der Waals surface area contributed by atoms with Gasteiger partial charge in [0, 0.05) is 31.9 Å². The van der Waals surface area contributed by atoms with Gasteiger partial charge >= 0.3 is 0 Å². The number of rotatable bonds is 4. The molecule has 3 heterocycles. The van der Waals surface area contributed by atoms with Crippen LogP contribution < -0.4 is 10.2 Å². The van der Waals surface area contributed by atoms with Crippen LogP contribution in [0.2, 0.25) is 0 Å². The highest BCUT2D eigenvalue weighted by Crippen LogP contribution is 2.19. The number of carbonyl (C=O) groups is 1. The van der Waals surface area contributed by atoms with E-state index in [0.717, 1.165) is 29.5 Å². The summed E-state index contributed by atoms with van der Waals surface area (Å²) in [4.78, 5) is 17.3. The third kappa shape index (κ3) is 4.09. The molecule has 0 radical (unpaired) electrons. The van der Waals surface area contributed by atoms with E-state index in [4.69, 9.17) is 0 Å². The van der Waals surface area contributed by atoms with E-state index < -0.39 is 0 Å².